The predicted octanol–water partition coefficient (Wildman–Crippen LogP) is 5.84. The Morgan fingerprint density at radius 2 is 1.40 bits per heavy atom. The molecule has 0 saturated heterocycles. The number of ether oxygens (including phenoxy) is 1. The third-order valence-electron chi connectivity index (χ3n) is 5.63. The van der Waals surface area contributed by atoms with Crippen LogP contribution in [0.1, 0.15) is 31.8 Å². The van der Waals surface area contributed by atoms with Crippen molar-refractivity contribution >= 4 is 35.1 Å². The maximum absolute atomic E-state index is 12.2. The van der Waals surface area contributed by atoms with E-state index < -0.39 is 11.8 Å². The third-order valence-corrected chi connectivity index (χ3v) is 5.63. The molecule has 172 valence electrons. The number of hydrogen-bond acceptors (Lipinski definition) is 5. The molecule has 0 unspecified atom stereocenters. The molecule has 5 rings (SSSR count). The Labute approximate surface area is 203 Å². The Balaban J connectivity index is 1.35. The smallest absolute Gasteiger partial charge is 0.259 e. The number of nitrogens with zero attached hydrogens (tertiary/aromatic N) is 1. The van der Waals surface area contributed by atoms with Gasteiger partial charge in [0.25, 0.3) is 11.8 Å². The number of nitrogens with one attached hydrogen (secondary N) is 2. The molecule has 2 N–H and O–H groups in total. The van der Waals surface area contributed by atoms with Gasteiger partial charge in [0, 0.05) is 18.3 Å². The maximum atomic E-state index is 12.2. The van der Waals surface area contributed by atoms with E-state index in [2.05, 4.69) is 15.6 Å². The summed E-state index contributed by atoms with van der Waals surface area (Å²) in [6, 6.07) is 30.8. The number of hydrogen-bond donors (Lipinski definition) is 2. The molecule has 0 aromatic heterocycles. The predicted molar refractivity (Wildman–Crippen MR) is 137 cm³/mol. The fourth-order valence-corrected chi connectivity index (χ4v) is 3.80. The van der Waals surface area contributed by atoms with Gasteiger partial charge in [-0.15, -0.1) is 0 Å². The second-order valence-corrected chi connectivity index (χ2v) is 8.12. The second kappa shape index (κ2) is 10.1. The van der Waals surface area contributed by atoms with Crippen LogP contribution in [0, 0.1) is 0 Å². The minimum absolute atomic E-state index is 0.331. The van der Waals surface area contributed by atoms with Crippen molar-refractivity contribution in [3.63, 3.8) is 0 Å². The molecule has 0 spiro atoms. The Kier molecular flexibility index (Phi) is 6.35. The van der Waals surface area contributed by atoms with Crippen LogP contribution < -0.4 is 15.4 Å². The Bertz CT molecular complexity index is 1380. The number of imide groups is 1. The number of aliphatic imine (C=N–C) groups is 1. The van der Waals surface area contributed by atoms with Gasteiger partial charge in [-0.2, -0.15) is 0 Å². The standard InChI is InChI=1S/C29H23N3O3/c33-28-24-17-26(30-16-15-20-7-3-1-4-8-20)27(18-25(24)29(34)32-28)31-22-11-13-23(14-12-22)35-19-21-9-5-2-6-10-21/h1-14,16-18,31H,15,19H2,(H,32,33,34). The van der Waals surface area contributed by atoms with Gasteiger partial charge in [0.1, 0.15) is 12.4 Å². The summed E-state index contributed by atoms with van der Waals surface area (Å²) in [4.78, 5) is 29.0. The average molecular weight is 462 g/mol. The molecule has 2 amide bonds. The van der Waals surface area contributed by atoms with Gasteiger partial charge in [0.2, 0.25) is 0 Å². The normalized spacial score (nSPS) is 12.5. The summed E-state index contributed by atoms with van der Waals surface area (Å²) in [5.41, 5.74) is 4.91. The molecule has 6 heteroatoms. The molecule has 6 nitrogen and oxygen atoms in total. The van der Waals surface area contributed by atoms with Gasteiger partial charge < -0.3 is 10.1 Å². The lowest BCUT2D eigenvalue weighted by atomic mass is 10.1. The zero-order chi connectivity index (χ0) is 24.0. The Morgan fingerprint density at radius 3 is 2.09 bits per heavy atom. The highest BCUT2D eigenvalue weighted by molar-refractivity contribution is 6.22. The van der Waals surface area contributed by atoms with Crippen LogP contribution in [-0.4, -0.2) is 18.0 Å². The number of anilines is 2. The zero-order valence-electron chi connectivity index (χ0n) is 18.9. The first-order valence-electron chi connectivity index (χ1n) is 11.3. The molecule has 4 aromatic rings. The molecule has 0 radical (unpaired) electrons. The Morgan fingerprint density at radius 1 is 0.771 bits per heavy atom. The van der Waals surface area contributed by atoms with Gasteiger partial charge in [-0.1, -0.05) is 60.7 Å². The minimum atomic E-state index is -0.407. The fraction of sp³-hybridized carbons (Fsp3) is 0.0690. The molecule has 0 aliphatic carbocycles. The first kappa shape index (κ1) is 22.1. The van der Waals surface area contributed by atoms with E-state index in [1.165, 1.54) is 0 Å². The number of amides is 2. The van der Waals surface area contributed by atoms with Crippen LogP contribution in [0.5, 0.6) is 5.75 Å². The molecule has 0 atom stereocenters. The van der Waals surface area contributed by atoms with E-state index in [1.54, 1.807) is 18.3 Å². The number of carbonyl (C=O) groups excluding carboxylic acids is 2. The molecular formula is C29H23N3O3. The van der Waals surface area contributed by atoms with E-state index in [0.717, 1.165) is 22.6 Å². The van der Waals surface area contributed by atoms with Gasteiger partial charge in [-0.05, 0) is 47.5 Å². The van der Waals surface area contributed by atoms with E-state index >= 15 is 0 Å². The summed E-state index contributed by atoms with van der Waals surface area (Å²) in [6.45, 7) is 0.488. The van der Waals surface area contributed by atoms with Crippen LogP contribution in [0.25, 0.3) is 0 Å². The van der Waals surface area contributed by atoms with Crippen molar-refractivity contribution in [2.24, 2.45) is 4.99 Å². The summed E-state index contributed by atoms with van der Waals surface area (Å²) in [5.74, 6) is -0.0621. The van der Waals surface area contributed by atoms with Crippen molar-refractivity contribution < 1.29 is 14.3 Å². The van der Waals surface area contributed by atoms with E-state index in [4.69, 9.17) is 4.74 Å². The third kappa shape index (κ3) is 5.28. The number of benzene rings is 4. The maximum Gasteiger partial charge on any atom is 0.259 e. The summed E-state index contributed by atoms with van der Waals surface area (Å²) < 4.78 is 5.86. The molecule has 1 heterocycles. The lowest BCUT2D eigenvalue weighted by Gasteiger charge is -2.12. The van der Waals surface area contributed by atoms with E-state index in [9.17, 15) is 9.59 Å². The Hall–Kier alpha value is -4.71. The minimum Gasteiger partial charge on any atom is -0.489 e. The largest absolute Gasteiger partial charge is 0.489 e. The van der Waals surface area contributed by atoms with Gasteiger partial charge in [-0.3, -0.25) is 19.9 Å². The molecule has 0 bridgehead atoms. The van der Waals surface area contributed by atoms with E-state index in [1.807, 2.05) is 84.9 Å². The molecule has 4 aromatic carbocycles. The first-order valence-corrected chi connectivity index (χ1v) is 11.3. The van der Waals surface area contributed by atoms with Crippen molar-refractivity contribution in [1.82, 2.24) is 5.32 Å². The number of fused-ring (bicyclic) bond motifs is 1. The van der Waals surface area contributed by atoms with Crippen molar-refractivity contribution in [2.45, 2.75) is 13.0 Å². The van der Waals surface area contributed by atoms with Crippen LogP contribution in [-0.2, 0) is 13.0 Å². The van der Waals surface area contributed by atoms with Crippen LogP contribution >= 0.6 is 0 Å². The van der Waals surface area contributed by atoms with Crippen molar-refractivity contribution in [2.75, 3.05) is 5.32 Å². The molecule has 35 heavy (non-hydrogen) atoms. The van der Waals surface area contributed by atoms with Crippen LogP contribution in [0.15, 0.2) is 102 Å². The van der Waals surface area contributed by atoms with Crippen molar-refractivity contribution in [3.8, 4) is 5.75 Å². The molecule has 0 fully saturated rings. The van der Waals surface area contributed by atoms with Gasteiger partial charge >= 0.3 is 0 Å². The molecular weight excluding hydrogens is 438 g/mol. The average Bonchev–Trinajstić information content (AvgIpc) is 3.17. The zero-order valence-corrected chi connectivity index (χ0v) is 18.9. The summed E-state index contributed by atoms with van der Waals surface area (Å²) in [6.07, 6.45) is 2.45. The van der Waals surface area contributed by atoms with Gasteiger partial charge in [-0.25, -0.2) is 0 Å². The monoisotopic (exact) mass is 461 g/mol. The summed E-state index contributed by atoms with van der Waals surface area (Å²) >= 11 is 0. The van der Waals surface area contributed by atoms with Crippen LogP contribution in [0.4, 0.5) is 17.1 Å². The molecule has 1 aliphatic heterocycles. The van der Waals surface area contributed by atoms with Crippen molar-refractivity contribution in [3.05, 3.63) is 119 Å². The number of carbonyl (C=O) groups is 2. The van der Waals surface area contributed by atoms with E-state index in [0.29, 0.717) is 35.5 Å². The quantitative estimate of drug-likeness (QED) is 0.255. The van der Waals surface area contributed by atoms with Gasteiger partial charge in [0.05, 0.1) is 22.5 Å². The fourth-order valence-electron chi connectivity index (χ4n) is 3.80. The van der Waals surface area contributed by atoms with Crippen LogP contribution in [0.3, 0.4) is 0 Å². The van der Waals surface area contributed by atoms with E-state index in [-0.39, 0.29) is 0 Å². The summed E-state index contributed by atoms with van der Waals surface area (Å²) in [5, 5.41) is 5.67. The molecule has 0 saturated carbocycles. The topological polar surface area (TPSA) is 79.8 Å². The SMILES string of the molecule is O=C1NC(=O)c2cc(Nc3ccc(OCc4ccccc4)cc3)c(N=CCc3ccccc3)cc21. The number of rotatable bonds is 8. The van der Waals surface area contributed by atoms with Crippen molar-refractivity contribution in [1.29, 1.82) is 0 Å². The molecule has 1 aliphatic rings. The summed E-state index contributed by atoms with van der Waals surface area (Å²) in [7, 11) is 0. The van der Waals surface area contributed by atoms with Crippen LogP contribution in [0.2, 0.25) is 0 Å². The van der Waals surface area contributed by atoms with Gasteiger partial charge in [0.15, 0.2) is 0 Å². The lowest BCUT2D eigenvalue weighted by Crippen LogP contribution is -2.19. The second-order valence-electron chi connectivity index (χ2n) is 8.12. The highest BCUT2D eigenvalue weighted by Crippen LogP contribution is 2.34. The highest BCUT2D eigenvalue weighted by atomic mass is 16.5. The first-order chi connectivity index (χ1) is 17.2. The lowest BCUT2D eigenvalue weighted by molar-refractivity contribution is 0.0879. The highest BCUT2D eigenvalue weighted by Gasteiger charge is 2.28.